The Hall–Kier alpha value is -3.06. The van der Waals surface area contributed by atoms with Crippen LogP contribution in [0, 0.1) is 5.82 Å². The van der Waals surface area contributed by atoms with Crippen molar-refractivity contribution >= 4 is 23.5 Å². The molecule has 0 aromatic heterocycles. The van der Waals surface area contributed by atoms with E-state index in [9.17, 15) is 18.8 Å². The minimum Gasteiger partial charge on any atom is -0.465 e. The van der Waals surface area contributed by atoms with E-state index in [1.165, 1.54) is 43.5 Å². The van der Waals surface area contributed by atoms with Gasteiger partial charge in [0.05, 0.1) is 30.8 Å². The fourth-order valence-electron chi connectivity index (χ4n) is 2.77. The number of esters is 1. The first-order valence-corrected chi connectivity index (χ1v) is 8.02. The normalized spacial score (nSPS) is 16.8. The fourth-order valence-corrected chi connectivity index (χ4v) is 2.77. The number of rotatable bonds is 5. The Morgan fingerprint density at radius 1 is 1.15 bits per heavy atom. The summed E-state index contributed by atoms with van der Waals surface area (Å²) in [4.78, 5) is 37.4. The van der Waals surface area contributed by atoms with Gasteiger partial charge in [-0.1, -0.05) is 12.1 Å². The molecule has 1 fully saturated rings. The molecule has 1 unspecified atom stereocenters. The van der Waals surface area contributed by atoms with Crippen LogP contribution in [0.3, 0.4) is 0 Å². The van der Waals surface area contributed by atoms with Crippen molar-refractivity contribution in [2.45, 2.75) is 19.0 Å². The Morgan fingerprint density at radius 3 is 2.42 bits per heavy atom. The zero-order valence-corrected chi connectivity index (χ0v) is 14.1. The van der Waals surface area contributed by atoms with Crippen molar-refractivity contribution in [1.82, 2.24) is 5.32 Å². The van der Waals surface area contributed by atoms with Gasteiger partial charge in [-0.3, -0.25) is 9.59 Å². The molecule has 0 spiro atoms. The molecule has 0 bridgehead atoms. The lowest BCUT2D eigenvalue weighted by Crippen LogP contribution is -2.38. The van der Waals surface area contributed by atoms with Crippen molar-refractivity contribution in [3.8, 4) is 0 Å². The van der Waals surface area contributed by atoms with Crippen molar-refractivity contribution in [3.63, 3.8) is 0 Å². The number of anilines is 1. The zero-order valence-electron chi connectivity index (χ0n) is 14.1. The van der Waals surface area contributed by atoms with E-state index < -0.39 is 12.0 Å². The lowest BCUT2D eigenvalue weighted by Gasteiger charge is -2.16. The number of benzene rings is 2. The maximum Gasteiger partial charge on any atom is 0.337 e. The SMILES string of the molecule is COC(=O)c1ccc(N2C(=O)CC(NCc3ccc(F)cc3)C2=O)cc1. The third-order valence-electron chi connectivity index (χ3n) is 4.16. The maximum absolute atomic E-state index is 12.9. The lowest BCUT2D eigenvalue weighted by atomic mass is 10.2. The highest BCUT2D eigenvalue weighted by molar-refractivity contribution is 6.22. The minimum absolute atomic E-state index is 0.0405. The summed E-state index contributed by atoms with van der Waals surface area (Å²) in [5.41, 5.74) is 1.55. The third-order valence-corrected chi connectivity index (χ3v) is 4.16. The van der Waals surface area contributed by atoms with Crippen LogP contribution in [-0.2, 0) is 20.9 Å². The molecular weight excluding hydrogens is 339 g/mol. The number of nitrogens with one attached hydrogen (secondary N) is 1. The standard InChI is InChI=1S/C19H17FN2O4/c1-26-19(25)13-4-8-15(9-5-13)22-17(23)10-16(18(22)24)21-11-12-2-6-14(20)7-3-12/h2-9,16,21H,10-11H2,1H3. The van der Waals surface area contributed by atoms with E-state index in [4.69, 9.17) is 0 Å². The molecule has 2 aromatic carbocycles. The van der Waals surface area contributed by atoms with Crippen LogP contribution in [0.1, 0.15) is 22.3 Å². The van der Waals surface area contributed by atoms with E-state index in [1.807, 2.05) is 0 Å². The van der Waals surface area contributed by atoms with E-state index in [0.29, 0.717) is 17.8 Å². The van der Waals surface area contributed by atoms with Gasteiger partial charge in [0.1, 0.15) is 5.82 Å². The second-order valence-corrected chi connectivity index (χ2v) is 5.87. The average Bonchev–Trinajstić information content (AvgIpc) is 2.94. The molecule has 134 valence electrons. The molecule has 1 atom stereocenters. The second kappa shape index (κ2) is 7.45. The van der Waals surface area contributed by atoms with Crippen LogP contribution in [-0.4, -0.2) is 30.9 Å². The average molecular weight is 356 g/mol. The van der Waals surface area contributed by atoms with Crippen molar-refractivity contribution in [2.24, 2.45) is 0 Å². The highest BCUT2D eigenvalue weighted by Crippen LogP contribution is 2.23. The molecule has 0 radical (unpaired) electrons. The molecule has 1 aliphatic rings. The monoisotopic (exact) mass is 356 g/mol. The van der Waals surface area contributed by atoms with Gasteiger partial charge in [-0.15, -0.1) is 0 Å². The van der Waals surface area contributed by atoms with Crippen LogP contribution in [0.4, 0.5) is 10.1 Å². The number of carbonyl (C=O) groups is 3. The van der Waals surface area contributed by atoms with Gasteiger partial charge in [-0.25, -0.2) is 14.1 Å². The zero-order chi connectivity index (χ0) is 18.7. The molecule has 2 aromatic rings. The van der Waals surface area contributed by atoms with Gasteiger partial charge in [0.2, 0.25) is 5.91 Å². The summed E-state index contributed by atoms with van der Waals surface area (Å²) in [6.45, 7) is 0.346. The third kappa shape index (κ3) is 3.62. The molecule has 1 heterocycles. The molecular formula is C19H17FN2O4. The highest BCUT2D eigenvalue weighted by atomic mass is 19.1. The number of hydrogen-bond donors (Lipinski definition) is 1. The molecule has 1 N–H and O–H groups in total. The lowest BCUT2D eigenvalue weighted by molar-refractivity contribution is -0.121. The summed E-state index contributed by atoms with van der Waals surface area (Å²) in [6.07, 6.45) is 0.0405. The summed E-state index contributed by atoms with van der Waals surface area (Å²) in [5.74, 6) is -1.50. The molecule has 26 heavy (non-hydrogen) atoms. The predicted molar refractivity (Wildman–Crippen MR) is 91.9 cm³/mol. The fraction of sp³-hybridized carbons (Fsp3) is 0.211. The minimum atomic E-state index is -0.646. The van der Waals surface area contributed by atoms with Crippen molar-refractivity contribution < 1.29 is 23.5 Å². The van der Waals surface area contributed by atoms with E-state index in [-0.39, 0.29) is 24.1 Å². The Kier molecular flexibility index (Phi) is 5.09. The van der Waals surface area contributed by atoms with Crippen LogP contribution < -0.4 is 10.2 Å². The molecule has 1 aliphatic heterocycles. The Labute approximate surface area is 149 Å². The van der Waals surface area contributed by atoms with E-state index in [2.05, 4.69) is 10.1 Å². The van der Waals surface area contributed by atoms with Gasteiger partial charge in [-0.2, -0.15) is 0 Å². The van der Waals surface area contributed by atoms with Gasteiger partial charge in [0.25, 0.3) is 5.91 Å². The molecule has 2 amide bonds. The molecule has 0 saturated carbocycles. The van der Waals surface area contributed by atoms with E-state index >= 15 is 0 Å². The van der Waals surface area contributed by atoms with Crippen molar-refractivity contribution in [2.75, 3.05) is 12.0 Å². The predicted octanol–water partition coefficient (Wildman–Crippen LogP) is 2.03. The van der Waals surface area contributed by atoms with Gasteiger partial charge >= 0.3 is 5.97 Å². The maximum atomic E-state index is 12.9. The first-order chi connectivity index (χ1) is 12.5. The van der Waals surface area contributed by atoms with Crippen molar-refractivity contribution in [1.29, 1.82) is 0 Å². The molecule has 6 nitrogen and oxygen atoms in total. The molecule has 0 aliphatic carbocycles. The first-order valence-electron chi connectivity index (χ1n) is 8.02. The number of halogens is 1. The number of hydrogen-bond acceptors (Lipinski definition) is 5. The van der Waals surface area contributed by atoms with Gasteiger partial charge in [0.15, 0.2) is 0 Å². The Morgan fingerprint density at radius 2 is 1.81 bits per heavy atom. The summed E-state index contributed by atoms with van der Waals surface area (Å²) in [6, 6.07) is 11.3. The molecule has 1 saturated heterocycles. The summed E-state index contributed by atoms with van der Waals surface area (Å²) in [5, 5.41) is 3.03. The quantitative estimate of drug-likeness (QED) is 0.655. The largest absolute Gasteiger partial charge is 0.465 e. The number of methoxy groups -OCH3 is 1. The van der Waals surface area contributed by atoms with Crippen LogP contribution in [0.5, 0.6) is 0 Å². The topological polar surface area (TPSA) is 75.7 Å². The Bertz CT molecular complexity index is 834. The molecule has 7 heteroatoms. The first kappa shape index (κ1) is 17.8. The molecule has 3 rings (SSSR count). The van der Waals surface area contributed by atoms with Gasteiger partial charge < -0.3 is 10.1 Å². The number of nitrogens with zero attached hydrogens (tertiary/aromatic N) is 1. The van der Waals surface area contributed by atoms with Crippen molar-refractivity contribution in [3.05, 3.63) is 65.5 Å². The van der Waals surface area contributed by atoms with Gasteiger partial charge in [0, 0.05) is 6.54 Å². The number of ether oxygens (including phenoxy) is 1. The van der Waals surface area contributed by atoms with Gasteiger partial charge in [-0.05, 0) is 42.0 Å². The number of carbonyl (C=O) groups excluding carboxylic acids is 3. The number of amides is 2. The van der Waals surface area contributed by atoms with E-state index in [1.54, 1.807) is 12.1 Å². The van der Waals surface area contributed by atoms with E-state index in [0.717, 1.165) is 10.5 Å². The Balaban J connectivity index is 1.68. The summed E-state index contributed by atoms with van der Waals surface area (Å²) >= 11 is 0. The smallest absolute Gasteiger partial charge is 0.337 e. The van der Waals surface area contributed by atoms with Crippen LogP contribution >= 0.6 is 0 Å². The van der Waals surface area contributed by atoms with Crippen LogP contribution in [0.2, 0.25) is 0 Å². The highest BCUT2D eigenvalue weighted by Gasteiger charge is 2.39. The number of imide groups is 1. The summed E-state index contributed by atoms with van der Waals surface area (Å²) < 4.78 is 17.5. The summed E-state index contributed by atoms with van der Waals surface area (Å²) in [7, 11) is 1.28. The second-order valence-electron chi connectivity index (χ2n) is 5.87. The van der Waals surface area contributed by atoms with Crippen LogP contribution in [0.25, 0.3) is 0 Å². The van der Waals surface area contributed by atoms with Crippen LogP contribution in [0.15, 0.2) is 48.5 Å².